The summed E-state index contributed by atoms with van der Waals surface area (Å²) < 4.78 is 27.1. The lowest BCUT2D eigenvalue weighted by atomic mass is 10.0. The van der Waals surface area contributed by atoms with Crippen LogP contribution in [0.3, 0.4) is 0 Å². The molecule has 1 unspecified atom stereocenters. The number of piperidine rings is 1. The van der Waals surface area contributed by atoms with E-state index < -0.39 is 11.6 Å². The molecule has 1 atom stereocenters. The van der Waals surface area contributed by atoms with Gasteiger partial charge in [-0.1, -0.05) is 18.6 Å². The molecule has 0 radical (unpaired) electrons. The fraction of sp³-hybridized carbons (Fsp3) is 0.429. The van der Waals surface area contributed by atoms with Gasteiger partial charge in [0.25, 0.3) is 0 Å². The van der Waals surface area contributed by atoms with Crippen molar-refractivity contribution in [1.82, 2.24) is 20.1 Å². The Kier molecular flexibility index (Phi) is 3.73. The predicted octanol–water partition coefficient (Wildman–Crippen LogP) is 2.81. The van der Waals surface area contributed by atoms with E-state index in [1.807, 2.05) is 0 Å². The Balaban J connectivity index is 1.82. The second-order valence-electron chi connectivity index (χ2n) is 5.07. The summed E-state index contributed by atoms with van der Waals surface area (Å²) in [6, 6.07) is 4.41. The third-order valence-electron chi connectivity index (χ3n) is 3.77. The molecule has 1 saturated heterocycles. The van der Waals surface area contributed by atoms with Gasteiger partial charge in [0.05, 0.1) is 6.04 Å². The van der Waals surface area contributed by atoms with E-state index in [1.54, 1.807) is 12.1 Å². The summed E-state index contributed by atoms with van der Waals surface area (Å²) in [6.07, 6.45) is 4.59. The van der Waals surface area contributed by atoms with E-state index in [0.717, 1.165) is 37.7 Å². The number of benzene rings is 1. The molecule has 1 N–H and O–H groups in total. The minimum atomic E-state index is -0.796. The van der Waals surface area contributed by atoms with Crippen molar-refractivity contribution in [3.63, 3.8) is 0 Å². The van der Waals surface area contributed by atoms with Crippen LogP contribution >= 0.6 is 0 Å². The molecule has 20 heavy (non-hydrogen) atoms. The van der Waals surface area contributed by atoms with Crippen LogP contribution in [0.1, 0.15) is 36.7 Å². The summed E-state index contributed by atoms with van der Waals surface area (Å²) in [5, 5.41) is 6.75. The van der Waals surface area contributed by atoms with Crippen LogP contribution in [0, 0.1) is 11.6 Å². The largest absolute Gasteiger partial charge is 0.289 e. The number of halogens is 2. The molecule has 4 nitrogen and oxygen atoms in total. The van der Waals surface area contributed by atoms with Crippen molar-refractivity contribution in [3.05, 3.63) is 47.5 Å². The number of aromatic nitrogens is 3. The van der Waals surface area contributed by atoms with Crippen molar-refractivity contribution in [2.24, 2.45) is 0 Å². The minimum Gasteiger partial charge on any atom is -0.289 e. The van der Waals surface area contributed by atoms with Crippen LogP contribution in [0.2, 0.25) is 0 Å². The smallest absolute Gasteiger partial charge is 0.163 e. The van der Waals surface area contributed by atoms with Crippen molar-refractivity contribution < 1.29 is 8.78 Å². The van der Waals surface area contributed by atoms with Gasteiger partial charge in [0, 0.05) is 12.1 Å². The van der Waals surface area contributed by atoms with Gasteiger partial charge in [-0.2, -0.15) is 5.10 Å². The van der Waals surface area contributed by atoms with Crippen LogP contribution in [-0.2, 0) is 6.54 Å². The molecule has 1 aliphatic rings. The molecule has 2 aromatic rings. The zero-order valence-electron chi connectivity index (χ0n) is 11.0. The predicted molar refractivity (Wildman–Crippen MR) is 69.7 cm³/mol. The molecule has 0 aliphatic carbocycles. The summed E-state index contributed by atoms with van der Waals surface area (Å²) in [7, 11) is 0. The van der Waals surface area contributed by atoms with E-state index in [-0.39, 0.29) is 6.04 Å². The fourth-order valence-corrected chi connectivity index (χ4v) is 2.75. The number of likely N-dealkylation sites (tertiary alicyclic amines) is 1. The maximum atomic E-state index is 13.8. The van der Waals surface area contributed by atoms with Gasteiger partial charge in [-0.05, 0) is 25.5 Å². The van der Waals surface area contributed by atoms with Gasteiger partial charge in [-0.15, -0.1) is 0 Å². The Morgan fingerprint density at radius 1 is 1.30 bits per heavy atom. The SMILES string of the molecule is Fc1cccc(CN2CCCCC2c2ncn[nH]2)c1F. The van der Waals surface area contributed by atoms with Crippen molar-refractivity contribution in [1.29, 1.82) is 0 Å². The van der Waals surface area contributed by atoms with Gasteiger partial charge in [0.15, 0.2) is 11.6 Å². The average Bonchev–Trinajstić information content (AvgIpc) is 2.98. The molecule has 0 spiro atoms. The lowest BCUT2D eigenvalue weighted by Gasteiger charge is -2.34. The Morgan fingerprint density at radius 2 is 2.20 bits per heavy atom. The second-order valence-corrected chi connectivity index (χ2v) is 5.07. The topological polar surface area (TPSA) is 44.8 Å². The monoisotopic (exact) mass is 278 g/mol. The highest BCUT2D eigenvalue weighted by Crippen LogP contribution is 2.30. The molecular weight excluding hydrogens is 262 g/mol. The third-order valence-corrected chi connectivity index (χ3v) is 3.77. The first kappa shape index (κ1) is 13.2. The lowest BCUT2D eigenvalue weighted by Crippen LogP contribution is -2.34. The quantitative estimate of drug-likeness (QED) is 0.939. The summed E-state index contributed by atoms with van der Waals surface area (Å²) in [5.74, 6) is -0.758. The van der Waals surface area contributed by atoms with Crippen molar-refractivity contribution in [2.75, 3.05) is 6.54 Å². The molecule has 106 valence electrons. The van der Waals surface area contributed by atoms with Crippen LogP contribution in [0.25, 0.3) is 0 Å². The van der Waals surface area contributed by atoms with Gasteiger partial charge >= 0.3 is 0 Å². The van der Waals surface area contributed by atoms with Crippen LogP contribution in [0.15, 0.2) is 24.5 Å². The molecule has 6 heteroatoms. The summed E-state index contributed by atoms with van der Waals surface area (Å²) in [4.78, 5) is 6.32. The Bertz CT molecular complexity index is 571. The van der Waals surface area contributed by atoms with Crippen LogP contribution in [0.4, 0.5) is 8.78 Å². The Labute approximate surface area is 115 Å². The zero-order chi connectivity index (χ0) is 13.9. The highest BCUT2D eigenvalue weighted by Gasteiger charge is 2.27. The molecule has 1 aromatic heterocycles. The molecule has 3 rings (SSSR count). The van der Waals surface area contributed by atoms with Crippen molar-refractivity contribution in [3.8, 4) is 0 Å². The van der Waals surface area contributed by atoms with Gasteiger partial charge in [0.2, 0.25) is 0 Å². The number of H-pyrrole nitrogens is 1. The van der Waals surface area contributed by atoms with E-state index in [4.69, 9.17) is 0 Å². The van der Waals surface area contributed by atoms with Gasteiger partial charge < -0.3 is 0 Å². The van der Waals surface area contributed by atoms with Crippen molar-refractivity contribution >= 4 is 0 Å². The van der Waals surface area contributed by atoms with E-state index in [0.29, 0.717) is 12.1 Å². The Hall–Kier alpha value is -1.82. The van der Waals surface area contributed by atoms with Gasteiger partial charge in [-0.25, -0.2) is 13.8 Å². The fourth-order valence-electron chi connectivity index (χ4n) is 2.75. The number of aromatic amines is 1. The summed E-state index contributed by atoms with van der Waals surface area (Å²) in [5.41, 5.74) is 0.386. The number of hydrogen-bond acceptors (Lipinski definition) is 3. The molecule has 0 amide bonds. The highest BCUT2D eigenvalue weighted by atomic mass is 19.2. The maximum Gasteiger partial charge on any atom is 0.163 e. The van der Waals surface area contributed by atoms with Crippen LogP contribution in [0.5, 0.6) is 0 Å². The van der Waals surface area contributed by atoms with E-state index in [9.17, 15) is 8.78 Å². The highest BCUT2D eigenvalue weighted by molar-refractivity contribution is 5.19. The molecule has 1 aromatic carbocycles. The second kappa shape index (κ2) is 5.66. The summed E-state index contributed by atoms with van der Waals surface area (Å²) >= 11 is 0. The number of nitrogens with zero attached hydrogens (tertiary/aromatic N) is 3. The number of hydrogen-bond donors (Lipinski definition) is 1. The van der Waals surface area contributed by atoms with Crippen LogP contribution in [-0.4, -0.2) is 26.6 Å². The number of nitrogens with one attached hydrogen (secondary N) is 1. The molecule has 1 fully saturated rings. The summed E-state index contributed by atoms with van der Waals surface area (Å²) in [6.45, 7) is 1.23. The first-order valence-corrected chi connectivity index (χ1v) is 6.78. The third kappa shape index (κ3) is 2.56. The van der Waals surface area contributed by atoms with Crippen LogP contribution < -0.4 is 0 Å². The van der Waals surface area contributed by atoms with Gasteiger partial charge in [-0.3, -0.25) is 10.00 Å². The first-order valence-electron chi connectivity index (χ1n) is 6.78. The molecule has 2 heterocycles. The normalized spacial score (nSPS) is 20.2. The zero-order valence-corrected chi connectivity index (χ0v) is 11.0. The molecule has 0 saturated carbocycles. The average molecular weight is 278 g/mol. The Morgan fingerprint density at radius 3 is 3.00 bits per heavy atom. The molecule has 0 bridgehead atoms. The van der Waals surface area contributed by atoms with Gasteiger partial charge in [0.1, 0.15) is 12.2 Å². The molecule has 1 aliphatic heterocycles. The minimum absolute atomic E-state index is 0.0916. The number of rotatable bonds is 3. The standard InChI is InChI=1S/C14H16F2N4/c15-11-5-3-4-10(13(11)16)8-20-7-2-1-6-12(20)14-17-9-18-19-14/h3-5,9,12H,1-2,6-8H2,(H,17,18,19). The first-order chi connectivity index (χ1) is 9.75. The maximum absolute atomic E-state index is 13.8. The van der Waals surface area contributed by atoms with E-state index >= 15 is 0 Å². The van der Waals surface area contributed by atoms with E-state index in [1.165, 1.54) is 6.33 Å². The van der Waals surface area contributed by atoms with E-state index in [2.05, 4.69) is 20.1 Å². The van der Waals surface area contributed by atoms with Crippen molar-refractivity contribution in [2.45, 2.75) is 31.8 Å². The lowest BCUT2D eigenvalue weighted by molar-refractivity contribution is 0.132. The molecular formula is C14H16F2N4.